The zero-order valence-electron chi connectivity index (χ0n) is 13.7. The third-order valence-corrected chi connectivity index (χ3v) is 4.76. The minimum atomic E-state index is -3.96. The van der Waals surface area contributed by atoms with Gasteiger partial charge in [0.15, 0.2) is 4.91 Å². The van der Waals surface area contributed by atoms with Crippen molar-refractivity contribution < 1.29 is 13.2 Å². The predicted molar refractivity (Wildman–Crippen MR) is 95.0 cm³/mol. The molecule has 2 aromatic rings. The number of rotatable bonds is 5. The Hall–Kier alpha value is -2.78. The van der Waals surface area contributed by atoms with Gasteiger partial charge in [0.05, 0.1) is 7.11 Å². The van der Waals surface area contributed by atoms with Gasteiger partial charge in [-0.3, -0.25) is 4.72 Å². The third-order valence-electron chi connectivity index (χ3n) is 3.46. The molecule has 0 unspecified atom stereocenters. The molecule has 0 amide bonds. The van der Waals surface area contributed by atoms with Crippen molar-refractivity contribution in [2.75, 3.05) is 11.8 Å². The Morgan fingerprint density at radius 2 is 1.83 bits per heavy atom. The van der Waals surface area contributed by atoms with E-state index in [1.165, 1.54) is 13.2 Å². The number of aryl methyl sites for hydroxylation is 2. The number of hydrogen-bond donors (Lipinski definition) is 1. The Kier molecular flexibility index (Phi) is 5.27. The van der Waals surface area contributed by atoms with Gasteiger partial charge >= 0.3 is 0 Å². The second kappa shape index (κ2) is 7.20. The van der Waals surface area contributed by atoms with Crippen molar-refractivity contribution in [3.8, 4) is 11.8 Å². The fraction of sp³-hybridized carbons (Fsp3) is 0.167. The van der Waals surface area contributed by atoms with Crippen molar-refractivity contribution in [1.29, 1.82) is 5.26 Å². The number of ether oxygens (including phenoxy) is 1. The number of benzene rings is 2. The van der Waals surface area contributed by atoms with Gasteiger partial charge in [0.2, 0.25) is 0 Å². The molecule has 0 atom stereocenters. The maximum absolute atomic E-state index is 12.5. The summed E-state index contributed by atoms with van der Waals surface area (Å²) in [5, 5.41) is 9.29. The van der Waals surface area contributed by atoms with Crippen LogP contribution in [0.1, 0.15) is 16.7 Å². The van der Waals surface area contributed by atoms with Gasteiger partial charge in [-0.05, 0) is 55.3 Å². The number of methoxy groups -OCH3 is 1. The summed E-state index contributed by atoms with van der Waals surface area (Å²) < 4.78 is 32.3. The van der Waals surface area contributed by atoms with E-state index in [-0.39, 0.29) is 4.91 Å². The van der Waals surface area contributed by atoms with Gasteiger partial charge < -0.3 is 4.74 Å². The first-order valence-corrected chi connectivity index (χ1v) is 8.70. The van der Waals surface area contributed by atoms with Gasteiger partial charge in [-0.1, -0.05) is 23.8 Å². The molecule has 0 aromatic heterocycles. The van der Waals surface area contributed by atoms with Crippen molar-refractivity contribution in [2.24, 2.45) is 0 Å². The number of nitrogens with one attached hydrogen (secondary N) is 1. The van der Waals surface area contributed by atoms with E-state index in [1.54, 1.807) is 30.3 Å². The lowest BCUT2D eigenvalue weighted by atomic mass is 10.1. The van der Waals surface area contributed by atoms with E-state index in [1.807, 2.05) is 32.0 Å². The topological polar surface area (TPSA) is 79.2 Å². The number of allylic oxidation sites excluding steroid dienone is 1. The van der Waals surface area contributed by atoms with E-state index in [0.717, 1.165) is 11.1 Å². The average molecular weight is 342 g/mol. The Morgan fingerprint density at radius 3 is 2.42 bits per heavy atom. The van der Waals surface area contributed by atoms with Gasteiger partial charge in [-0.25, -0.2) is 8.42 Å². The Labute approximate surface area is 142 Å². The highest BCUT2D eigenvalue weighted by Crippen LogP contribution is 2.21. The molecule has 0 fully saturated rings. The van der Waals surface area contributed by atoms with Gasteiger partial charge in [0, 0.05) is 5.69 Å². The number of anilines is 1. The van der Waals surface area contributed by atoms with E-state index in [4.69, 9.17) is 4.74 Å². The number of hydrogen-bond acceptors (Lipinski definition) is 4. The first kappa shape index (κ1) is 17.6. The molecular formula is C18H18N2O3S. The van der Waals surface area contributed by atoms with Gasteiger partial charge in [-0.2, -0.15) is 5.26 Å². The molecule has 0 spiro atoms. The molecule has 5 nitrogen and oxygen atoms in total. The predicted octanol–water partition coefficient (Wildman–Crippen LogP) is 3.62. The molecule has 1 N–H and O–H groups in total. The summed E-state index contributed by atoms with van der Waals surface area (Å²) >= 11 is 0. The summed E-state index contributed by atoms with van der Waals surface area (Å²) in [6.07, 6.45) is 1.38. The van der Waals surface area contributed by atoms with Crippen LogP contribution in [-0.2, 0) is 10.0 Å². The van der Waals surface area contributed by atoms with E-state index >= 15 is 0 Å². The van der Waals surface area contributed by atoms with Crippen molar-refractivity contribution in [2.45, 2.75) is 13.8 Å². The molecule has 0 saturated carbocycles. The van der Waals surface area contributed by atoms with Crippen LogP contribution in [-0.4, -0.2) is 15.5 Å². The maximum atomic E-state index is 12.5. The SMILES string of the molecule is COc1ccc(NS(=O)(=O)/C(C#N)=C\c2cc(C)ccc2C)cc1. The van der Waals surface area contributed by atoms with Gasteiger partial charge in [-0.15, -0.1) is 0 Å². The average Bonchev–Trinajstić information content (AvgIpc) is 2.55. The minimum absolute atomic E-state index is 0.341. The maximum Gasteiger partial charge on any atom is 0.272 e. The lowest BCUT2D eigenvalue weighted by Crippen LogP contribution is -2.14. The fourth-order valence-electron chi connectivity index (χ4n) is 2.10. The lowest BCUT2D eigenvalue weighted by Gasteiger charge is -2.09. The van der Waals surface area contributed by atoms with Gasteiger partial charge in [0.25, 0.3) is 10.0 Å². The van der Waals surface area contributed by atoms with Crippen LogP contribution in [0.4, 0.5) is 5.69 Å². The highest BCUT2D eigenvalue weighted by molar-refractivity contribution is 7.96. The van der Waals surface area contributed by atoms with Crippen molar-refractivity contribution >= 4 is 21.8 Å². The van der Waals surface area contributed by atoms with E-state index < -0.39 is 10.0 Å². The Bertz CT molecular complexity index is 908. The molecule has 0 saturated heterocycles. The molecule has 24 heavy (non-hydrogen) atoms. The number of sulfonamides is 1. The molecular weight excluding hydrogens is 324 g/mol. The van der Waals surface area contributed by atoms with Crippen LogP contribution < -0.4 is 9.46 Å². The van der Waals surface area contributed by atoms with Crippen LogP contribution >= 0.6 is 0 Å². The number of nitrogens with zero attached hydrogens (tertiary/aromatic N) is 1. The molecule has 0 aliphatic rings. The van der Waals surface area contributed by atoms with E-state index in [0.29, 0.717) is 17.0 Å². The molecule has 2 rings (SSSR count). The van der Waals surface area contributed by atoms with Crippen molar-refractivity contribution in [1.82, 2.24) is 0 Å². The molecule has 6 heteroatoms. The zero-order chi connectivity index (χ0) is 17.7. The van der Waals surface area contributed by atoms with Crippen molar-refractivity contribution in [3.05, 3.63) is 64.1 Å². The third kappa shape index (κ3) is 4.15. The first-order chi connectivity index (χ1) is 11.4. The van der Waals surface area contributed by atoms with E-state index in [2.05, 4.69) is 4.72 Å². The van der Waals surface area contributed by atoms with Crippen molar-refractivity contribution in [3.63, 3.8) is 0 Å². The molecule has 0 aliphatic heterocycles. The standard InChI is InChI=1S/C18H18N2O3S/c1-13-4-5-14(2)15(10-13)11-18(12-19)24(21,22)20-16-6-8-17(23-3)9-7-16/h4-11,20H,1-3H3/b18-11-. The quantitative estimate of drug-likeness (QED) is 0.842. The summed E-state index contributed by atoms with van der Waals surface area (Å²) in [6, 6.07) is 13.9. The second-order valence-corrected chi connectivity index (χ2v) is 6.97. The normalized spacial score (nSPS) is 11.7. The smallest absolute Gasteiger partial charge is 0.272 e. The largest absolute Gasteiger partial charge is 0.497 e. The zero-order valence-corrected chi connectivity index (χ0v) is 14.5. The summed E-state index contributed by atoms with van der Waals surface area (Å²) in [4.78, 5) is -0.341. The highest BCUT2D eigenvalue weighted by atomic mass is 32.2. The van der Waals surface area contributed by atoms with Crippen LogP contribution in [0.3, 0.4) is 0 Å². The summed E-state index contributed by atoms with van der Waals surface area (Å²) in [7, 11) is -2.44. The summed E-state index contributed by atoms with van der Waals surface area (Å²) in [6.45, 7) is 3.77. The minimum Gasteiger partial charge on any atom is -0.497 e. The van der Waals surface area contributed by atoms with Gasteiger partial charge in [0.1, 0.15) is 11.8 Å². The highest BCUT2D eigenvalue weighted by Gasteiger charge is 2.18. The summed E-state index contributed by atoms with van der Waals surface area (Å²) in [5.41, 5.74) is 2.95. The molecule has 2 aromatic carbocycles. The fourth-order valence-corrected chi connectivity index (χ4v) is 3.05. The van der Waals surface area contributed by atoms with Crippen LogP contribution in [0.25, 0.3) is 6.08 Å². The van der Waals surface area contributed by atoms with Crippen LogP contribution in [0.2, 0.25) is 0 Å². The molecule has 0 bridgehead atoms. The van der Waals surface area contributed by atoms with Crippen LogP contribution in [0, 0.1) is 25.2 Å². The van der Waals surface area contributed by atoms with Crippen LogP contribution in [0.5, 0.6) is 5.75 Å². The Balaban J connectivity index is 2.35. The molecule has 0 radical (unpaired) electrons. The first-order valence-electron chi connectivity index (χ1n) is 7.21. The molecule has 124 valence electrons. The Morgan fingerprint density at radius 1 is 1.17 bits per heavy atom. The van der Waals surface area contributed by atoms with E-state index in [9.17, 15) is 13.7 Å². The molecule has 0 aliphatic carbocycles. The lowest BCUT2D eigenvalue weighted by molar-refractivity contribution is 0.415. The monoisotopic (exact) mass is 342 g/mol. The number of nitriles is 1. The van der Waals surface area contributed by atoms with Crippen LogP contribution in [0.15, 0.2) is 47.4 Å². The second-order valence-electron chi connectivity index (χ2n) is 5.31. The summed E-state index contributed by atoms with van der Waals surface area (Å²) in [5.74, 6) is 0.615. The molecule has 0 heterocycles.